The summed E-state index contributed by atoms with van der Waals surface area (Å²) in [7, 11) is -2.31. The fourth-order valence-corrected chi connectivity index (χ4v) is 19.1. The van der Waals surface area contributed by atoms with Gasteiger partial charge in [-0.15, -0.1) is 30.6 Å². The Morgan fingerprint density at radius 2 is 0.795 bits per heavy atom. The van der Waals surface area contributed by atoms with Gasteiger partial charge in [0.2, 0.25) is 57.6 Å². The predicted octanol–water partition coefficient (Wildman–Crippen LogP) is 16.5. The van der Waals surface area contributed by atoms with E-state index in [9.17, 15) is 96.4 Å². The first-order valence-corrected chi connectivity index (χ1v) is 51.4. The quantitative estimate of drug-likeness (QED) is 0.0206. The van der Waals surface area contributed by atoms with Gasteiger partial charge in [-0.3, -0.25) is 0 Å². The van der Waals surface area contributed by atoms with Gasteiger partial charge in [-0.05, 0) is 235 Å². The average molecular weight is 2180 g/mol. The topological polar surface area (TPSA) is 413 Å². The smallest absolute Gasteiger partial charge is 0.537 e. The second-order valence-corrected chi connectivity index (χ2v) is 42.3. The van der Waals surface area contributed by atoms with Gasteiger partial charge in [-0.1, -0.05) is 159 Å². The SMILES string of the molecule is CN(C)S(=O)(=O)c1ccc(CC2CCCCC2)c(-c2nnn(C)n2)c1.CNS(=O)(=O)c1ccc(CC2CCCCC2)c(-c2nnn(C)n2)c1.CNS(=O)(=O)c1ccc(Cc2cccc(C(F)(F)F)c2)c(-c2cn(C)cn2)c1.CNS(=O)(=O)c1ccc(Oc2cccc(C(F)(F)F)c2)c(B(O)O)c1.Cn1nnc(-c2cc(Br)ccc2Cc2cccc(C(F)(F)F)c2)n1.O[B]Oc1cccc(Oc2cccc(C(F)(F)F)c2)c1. The average Bonchev–Trinajstić information content (AvgIpc) is 1.50. The maximum absolute atomic E-state index is 13.0. The number of aryl methyl sites for hydroxylation is 4. The highest BCUT2D eigenvalue weighted by Crippen LogP contribution is 2.41. The van der Waals surface area contributed by atoms with Crippen LogP contribution in [0.25, 0.3) is 45.4 Å². The number of alkyl halides is 12. The summed E-state index contributed by atoms with van der Waals surface area (Å²) < 4.78 is 276. The molecule has 4 aromatic heterocycles. The largest absolute Gasteiger partial charge is 0.569 e. The minimum atomic E-state index is -4.57. The first kappa shape index (κ1) is 114. The number of ether oxygens (including phenoxy) is 2. The zero-order valence-electron chi connectivity index (χ0n) is 79.7. The first-order valence-electron chi connectivity index (χ1n) is 44.7. The van der Waals surface area contributed by atoms with E-state index >= 15 is 0 Å². The normalized spacial score (nSPS) is 13.4. The molecule has 10 aromatic carbocycles. The number of imidazole rings is 1. The molecule has 6 N–H and O–H groups in total. The number of nitrogens with zero attached hydrogens (tertiary/aromatic N) is 15. The molecule has 0 amide bonds. The van der Waals surface area contributed by atoms with Gasteiger partial charge in [0.25, 0.3) is 0 Å². The Balaban J connectivity index is 0.000000167. The first-order chi connectivity index (χ1) is 68.8. The van der Waals surface area contributed by atoms with Crippen molar-refractivity contribution < 1.29 is 116 Å². The Bertz CT molecular complexity index is 7300. The summed E-state index contributed by atoms with van der Waals surface area (Å²) in [5.41, 5.74) is 4.64. The number of aromatic nitrogens is 14. The maximum Gasteiger partial charge on any atom is 0.569 e. The number of benzene rings is 10. The summed E-state index contributed by atoms with van der Waals surface area (Å²) in [6, 6.07) is 48.8. The van der Waals surface area contributed by atoms with E-state index in [4.69, 9.17) is 19.2 Å². The lowest BCUT2D eigenvalue weighted by Gasteiger charge is -2.22. The van der Waals surface area contributed by atoms with Crippen LogP contribution in [0, 0.1) is 11.8 Å². The number of tetrazole rings is 3. The lowest BCUT2D eigenvalue weighted by molar-refractivity contribution is -0.138. The molecule has 775 valence electrons. The fourth-order valence-electron chi connectivity index (χ4n) is 15.5. The maximum atomic E-state index is 13.0. The van der Waals surface area contributed by atoms with Crippen LogP contribution in [-0.2, 0) is 119 Å². The Morgan fingerprint density at radius 1 is 0.432 bits per heavy atom. The Hall–Kier alpha value is -12.7. The van der Waals surface area contributed by atoms with E-state index in [0.29, 0.717) is 82.9 Å². The zero-order valence-corrected chi connectivity index (χ0v) is 84.5. The van der Waals surface area contributed by atoms with Crippen molar-refractivity contribution in [2.75, 3.05) is 35.2 Å². The molecule has 14 aromatic rings. The molecule has 32 nitrogen and oxygen atoms in total. The number of hydrogen-bond acceptors (Lipinski definition) is 24. The molecule has 0 spiro atoms. The summed E-state index contributed by atoms with van der Waals surface area (Å²) >= 11 is 3.39. The number of hydrogen-bond donors (Lipinski definition) is 6. The van der Waals surface area contributed by atoms with Gasteiger partial charge in [-0.25, -0.2) is 57.1 Å². The summed E-state index contributed by atoms with van der Waals surface area (Å²) in [5, 5.41) is 63.8. The van der Waals surface area contributed by atoms with E-state index in [0.717, 1.165) is 123 Å². The molecule has 2 aliphatic carbocycles. The third-order valence-electron chi connectivity index (χ3n) is 22.9. The van der Waals surface area contributed by atoms with Crippen LogP contribution in [0.5, 0.6) is 28.7 Å². The molecule has 0 aliphatic heterocycles. The molecule has 1 radical (unpaired) electrons. The van der Waals surface area contributed by atoms with Crippen molar-refractivity contribution in [3.63, 3.8) is 0 Å². The third kappa shape index (κ3) is 31.9. The molecule has 2 aliphatic rings. The molecular weight excluding hydrogens is 2070 g/mol. The summed E-state index contributed by atoms with van der Waals surface area (Å²) in [6.45, 7) is 0. The van der Waals surface area contributed by atoms with Crippen molar-refractivity contribution in [1.29, 1.82) is 0 Å². The molecule has 146 heavy (non-hydrogen) atoms. The minimum absolute atomic E-state index is 0.0587. The standard InChI is InChI=1S/C19H18F3N3O2S.C17H25N5O2S.C16H12BrF3N4.C16H23N5O2S.C14H13BF3NO5S.C13H9BF3O3/c1-23-28(26,27)16-7-6-14(17(10-16)18-11-25(2)12-24-18)8-13-4-3-5-15(9-13)19(20,21)22;1-21(2)25(23,24)15-10-9-14(11-13-7-5-4-6-8-13)16(12-15)17-18-20-22(3)19-17;1-24-22-15(21-23-24)14-9-13(17)6-5-11(14)7-10-3-2-4-12(8-10)16(18,19)20;1-17-24(22,23)14-9-8-13(10-12-6-4-3-5-7-12)15(11-14)16-18-20-21(2)19-16;1-19-25(22,23)11-5-6-13(12(8-11)15(20)21)24-10-4-2-3-9(7-10)14(16,17)18;15-13(16,17)9-3-1-4-10(7-9)19-11-5-2-6-12(8-11)20-14-18/h3-7,9-12,23H,8H2,1-2H3;9-10,12-13H,4-8,11H2,1-3H3;2-6,8-9H,7H2,1H3;8-9,11-12,17H,3-7,10H2,1-2H3;2-8,19-21H,1H3;1-8,18H. The summed E-state index contributed by atoms with van der Waals surface area (Å²) in [5.74, 6) is 2.93. The van der Waals surface area contributed by atoms with Crippen LogP contribution in [0.3, 0.4) is 0 Å². The van der Waals surface area contributed by atoms with Crippen LogP contribution in [-0.4, -0.2) is 173 Å². The number of rotatable bonds is 27. The van der Waals surface area contributed by atoms with Crippen molar-refractivity contribution >= 4 is 76.3 Å². The van der Waals surface area contributed by atoms with Gasteiger partial charge in [0.05, 0.1) is 75.0 Å². The van der Waals surface area contributed by atoms with Crippen LogP contribution >= 0.6 is 15.9 Å². The molecule has 4 heterocycles. The van der Waals surface area contributed by atoms with Crippen molar-refractivity contribution in [3.05, 3.63) is 285 Å². The van der Waals surface area contributed by atoms with E-state index in [-0.39, 0.29) is 48.7 Å². The van der Waals surface area contributed by atoms with Crippen molar-refractivity contribution in [2.24, 2.45) is 40.0 Å². The molecule has 51 heteroatoms. The highest BCUT2D eigenvalue weighted by atomic mass is 79.9. The summed E-state index contributed by atoms with van der Waals surface area (Å²) in [4.78, 5) is 8.67. The van der Waals surface area contributed by atoms with Gasteiger partial charge in [0.1, 0.15) is 28.7 Å². The highest BCUT2D eigenvalue weighted by molar-refractivity contribution is 9.10. The number of nitrogens with one attached hydrogen (secondary N) is 3. The van der Waals surface area contributed by atoms with E-state index in [1.165, 1.54) is 167 Å². The van der Waals surface area contributed by atoms with Gasteiger partial charge in [0.15, 0.2) is 0 Å². The molecular formula is C95H100B2BrF12N18O14S4. The molecule has 16 rings (SSSR count). The van der Waals surface area contributed by atoms with E-state index in [2.05, 4.69) is 81.3 Å². The van der Waals surface area contributed by atoms with Crippen LogP contribution in [0.4, 0.5) is 52.7 Å². The van der Waals surface area contributed by atoms with Crippen LogP contribution in [0.1, 0.15) is 120 Å². The van der Waals surface area contributed by atoms with Crippen LogP contribution < -0.4 is 33.8 Å². The predicted molar refractivity (Wildman–Crippen MR) is 522 cm³/mol. The van der Waals surface area contributed by atoms with Gasteiger partial charge >= 0.3 is 39.5 Å². The monoisotopic (exact) mass is 2170 g/mol. The van der Waals surface area contributed by atoms with Crippen molar-refractivity contribution in [2.45, 2.75) is 134 Å². The number of sulfonamides is 4. The second-order valence-electron chi connectivity index (χ2n) is 33.6. The molecule has 0 unspecified atom stereocenters. The highest BCUT2D eigenvalue weighted by Gasteiger charge is 2.36. The molecule has 2 fully saturated rings. The minimum Gasteiger partial charge on any atom is -0.537 e. The van der Waals surface area contributed by atoms with E-state index in [1.54, 1.807) is 106 Å². The fraction of sp³-hybridized carbons (Fsp3) is 0.305. The second kappa shape index (κ2) is 49.7. The van der Waals surface area contributed by atoms with Gasteiger partial charge in [0, 0.05) is 65.6 Å². The Labute approximate surface area is 843 Å². The molecule has 0 bridgehead atoms. The van der Waals surface area contributed by atoms with Crippen LogP contribution in [0.2, 0.25) is 0 Å². The van der Waals surface area contributed by atoms with Crippen molar-refractivity contribution in [1.82, 2.24) is 88.6 Å². The Kier molecular flexibility index (Phi) is 38.7. The van der Waals surface area contributed by atoms with Gasteiger partial charge < -0.3 is 33.8 Å². The number of halogens is 13. The zero-order chi connectivity index (χ0) is 106. The molecule has 0 atom stereocenters. The third-order valence-corrected chi connectivity index (χ3v) is 29.4. The Morgan fingerprint density at radius 3 is 1.20 bits per heavy atom. The molecule has 0 saturated heterocycles. The lowest BCUT2D eigenvalue weighted by atomic mass is 9.79. The summed E-state index contributed by atoms with van der Waals surface area (Å²) in [6.07, 6.45) is 0.550. The molecule has 2 saturated carbocycles. The van der Waals surface area contributed by atoms with Gasteiger partial charge in [-0.2, -0.15) is 67.1 Å². The van der Waals surface area contributed by atoms with E-state index < -0.39 is 94.2 Å². The van der Waals surface area contributed by atoms with Crippen LogP contribution in [0.15, 0.2) is 249 Å². The lowest BCUT2D eigenvalue weighted by Crippen LogP contribution is -2.32. The van der Waals surface area contributed by atoms with Crippen molar-refractivity contribution in [3.8, 4) is 74.2 Å². The van der Waals surface area contributed by atoms with E-state index in [1.807, 2.05) is 30.3 Å².